The van der Waals surface area contributed by atoms with E-state index in [2.05, 4.69) is 20.5 Å². The molecule has 0 radical (unpaired) electrons. The Bertz CT molecular complexity index is 2050. The molecule has 3 atom stereocenters. The lowest BCUT2D eigenvalue weighted by molar-refractivity contribution is -0.142. The summed E-state index contributed by atoms with van der Waals surface area (Å²) in [5, 5.41) is 20.1. The van der Waals surface area contributed by atoms with Crippen molar-refractivity contribution < 1.29 is 43.2 Å². The summed E-state index contributed by atoms with van der Waals surface area (Å²) >= 11 is 0. The number of benzene rings is 5. The van der Waals surface area contributed by atoms with Crippen LogP contribution in [0.25, 0.3) is 10.8 Å². The number of carboxylic acids is 1. The summed E-state index contributed by atoms with van der Waals surface area (Å²) in [6.07, 6.45) is 0.00626. The molecule has 5 aromatic rings. The molecule has 0 saturated heterocycles. The van der Waals surface area contributed by atoms with Crippen LogP contribution >= 0.6 is 7.82 Å². The minimum absolute atomic E-state index is 0.0179. The van der Waals surface area contributed by atoms with Crippen molar-refractivity contribution in [3.05, 3.63) is 150 Å². The third-order valence-corrected chi connectivity index (χ3v) is 8.68. The molecule has 0 aliphatic rings. The number of aliphatic carboxylic acids is 1. The van der Waals surface area contributed by atoms with Crippen molar-refractivity contribution in [2.45, 2.75) is 43.8 Å². The van der Waals surface area contributed by atoms with Gasteiger partial charge in [0.25, 0.3) is 0 Å². The lowest BCUT2D eigenvalue weighted by Gasteiger charge is -2.25. The van der Waals surface area contributed by atoms with Crippen molar-refractivity contribution in [2.75, 3.05) is 0 Å². The summed E-state index contributed by atoms with van der Waals surface area (Å²) in [7, 11) is -4.79. The van der Waals surface area contributed by atoms with E-state index >= 15 is 0 Å². The Hall–Kier alpha value is -5.81. The van der Waals surface area contributed by atoms with E-state index in [0.717, 1.165) is 21.9 Å². The second-order valence-electron chi connectivity index (χ2n) is 12.2. The van der Waals surface area contributed by atoms with Gasteiger partial charge in [0, 0.05) is 19.3 Å². The van der Waals surface area contributed by atoms with E-state index in [0.29, 0.717) is 11.1 Å². The molecular formula is C39H38N3O9P. The third-order valence-electron chi connectivity index (χ3n) is 8.23. The monoisotopic (exact) mass is 723 g/mol. The second kappa shape index (κ2) is 17.4. The SMILES string of the molecule is O=C(Cc1ccc2ccccc2c1)N[C@H](Cc1ccccc1)C(=O)N[C@@H](Cc1ccccc1)C(=O)N[C@@H](Cc1ccc(OP(=O)(O)O)cc1)C(=O)O. The van der Waals surface area contributed by atoms with Crippen LogP contribution in [0.1, 0.15) is 22.3 Å². The fourth-order valence-electron chi connectivity index (χ4n) is 5.70. The Morgan fingerprint density at radius 3 is 1.58 bits per heavy atom. The Balaban J connectivity index is 1.33. The number of phosphoric acid groups is 1. The fourth-order valence-corrected chi connectivity index (χ4v) is 6.10. The topological polar surface area (TPSA) is 191 Å². The number of nitrogens with one attached hydrogen (secondary N) is 3. The largest absolute Gasteiger partial charge is 0.524 e. The van der Waals surface area contributed by atoms with Gasteiger partial charge in [-0.1, -0.05) is 115 Å². The molecule has 5 aromatic carbocycles. The Morgan fingerprint density at radius 1 is 0.558 bits per heavy atom. The standard InChI is InChI=1S/C39H38N3O9P/c43-36(25-29-15-18-30-13-7-8-14-31(30)21-29)40-33(22-26-9-3-1-4-10-26)37(44)41-34(23-27-11-5-2-6-12-27)38(45)42-35(39(46)47)24-28-16-19-32(20-17-28)51-52(48,49)50/h1-21,33-35H,22-25H2,(H,40,43)(H,41,44)(H,42,45)(H,46,47)(H2,48,49,50)/t33-,34+,35+/m1/s1. The predicted octanol–water partition coefficient (Wildman–Crippen LogP) is 4.12. The van der Waals surface area contributed by atoms with E-state index in [1.807, 2.05) is 72.8 Å². The van der Waals surface area contributed by atoms with Crippen LogP contribution in [0.3, 0.4) is 0 Å². The molecule has 0 spiro atoms. The van der Waals surface area contributed by atoms with E-state index in [9.17, 15) is 28.8 Å². The van der Waals surface area contributed by atoms with E-state index < -0.39 is 49.6 Å². The van der Waals surface area contributed by atoms with E-state index in [-0.39, 0.29) is 31.4 Å². The van der Waals surface area contributed by atoms with Crippen LogP contribution in [-0.4, -0.2) is 56.7 Å². The average molecular weight is 724 g/mol. The summed E-state index contributed by atoms with van der Waals surface area (Å²) in [6.45, 7) is 0. The third kappa shape index (κ3) is 11.4. The van der Waals surface area contributed by atoms with Gasteiger partial charge in [-0.25, -0.2) is 9.36 Å². The molecule has 3 amide bonds. The Labute approximate surface area is 300 Å². The number of hydrogen-bond acceptors (Lipinski definition) is 6. The van der Waals surface area contributed by atoms with Gasteiger partial charge in [0.2, 0.25) is 17.7 Å². The number of phosphoric ester groups is 1. The predicted molar refractivity (Wildman–Crippen MR) is 194 cm³/mol. The van der Waals surface area contributed by atoms with Crippen LogP contribution in [0.15, 0.2) is 127 Å². The summed E-state index contributed by atoms with van der Waals surface area (Å²) < 4.78 is 15.7. The van der Waals surface area contributed by atoms with E-state index in [1.54, 1.807) is 30.3 Å². The van der Waals surface area contributed by atoms with Crippen molar-refractivity contribution in [3.63, 3.8) is 0 Å². The molecule has 13 heteroatoms. The maximum atomic E-state index is 14.0. The molecule has 12 nitrogen and oxygen atoms in total. The van der Waals surface area contributed by atoms with Gasteiger partial charge in [-0.05, 0) is 45.2 Å². The van der Waals surface area contributed by atoms with E-state index in [4.69, 9.17) is 9.79 Å². The Morgan fingerprint density at radius 2 is 1.02 bits per heavy atom. The molecule has 52 heavy (non-hydrogen) atoms. The van der Waals surface area contributed by atoms with Crippen molar-refractivity contribution >= 4 is 42.3 Å². The summed E-state index contributed by atoms with van der Waals surface area (Å²) in [4.78, 5) is 71.4. The average Bonchev–Trinajstić information content (AvgIpc) is 3.11. The van der Waals surface area contributed by atoms with Gasteiger partial charge in [0.05, 0.1) is 6.42 Å². The van der Waals surface area contributed by atoms with Crippen LogP contribution in [-0.2, 0) is 49.4 Å². The number of hydrogen-bond donors (Lipinski definition) is 6. The molecule has 0 saturated carbocycles. The molecular weight excluding hydrogens is 685 g/mol. The maximum absolute atomic E-state index is 14.0. The first-order valence-electron chi connectivity index (χ1n) is 16.4. The normalized spacial score (nSPS) is 13.0. The highest BCUT2D eigenvalue weighted by atomic mass is 31.2. The summed E-state index contributed by atoms with van der Waals surface area (Å²) in [5.74, 6) is -3.23. The molecule has 0 fully saturated rings. The molecule has 0 aliphatic heterocycles. The van der Waals surface area contributed by atoms with Crippen molar-refractivity contribution in [2.24, 2.45) is 0 Å². The first-order chi connectivity index (χ1) is 24.9. The summed E-state index contributed by atoms with van der Waals surface area (Å²) in [6, 6.07) is 33.2. The van der Waals surface area contributed by atoms with Crippen LogP contribution in [0, 0.1) is 0 Å². The number of amides is 3. The molecule has 0 heterocycles. The zero-order valence-corrected chi connectivity index (χ0v) is 28.8. The lowest BCUT2D eigenvalue weighted by atomic mass is 10.0. The number of fused-ring (bicyclic) bond motifs is 1. The zero-order chi connectivity index (χ0) is 37.1. The molecule has 6 N–H and O–H groups in total. The van der Waals surface area contributed by atoms with Crippen LogP contribution in [0.2, 0.25) is 0 Å². The van der Waals surface area contributed by atoms with Gasteiger partial charge in [-0.3, -0.25) is 24.2 Å². The van der Waals surface area contributed by atoms with Gasteiger partial charge in [0.15, 0.2) is 0 Å². The lowest BCUT2D eigenvalue weighted by Crippen LogP contribution is -2.57. The van der Waals surface area contributed by atoms with Crippen molar-refractivity contribution in [1.29, 1.82) is 0 Å². The van der Waals surface area contributed by atoms with Crippen molar-refractivity contribution in [1.82, 2.24) is 16.0 Å². The number of carboxylic acid groups (broad SMARTS) is 1. The van der Waals surface area contributed by atoms with Crippen LogP contribution < -0.4 is 20.5 Å². The quantitative estimate of drug-likeness (QED) is 0.0814. The molecule has 0 aliphatic carbocycles. The number of carbonyl (C=O) groups is 4. The van der Waals surface area contributed by atoms with Crippen LogP contribution in [0.5, 0.6) is 5.75 Å². The first-order valence-corrected chi connectivity index (χ1v) is 18.0. The smallest absolute Gasteiger partial charge is 0.480 e. The molecule has 5 rings (SSSR count). The Kier molecular flexibility index (Phi) is 12.5. The molecule has 268 valence electrons. The first kappa shape index (κ1) is 37.4. The van der Waals surface area contributed by atoms with Crippen LogP contribution in [0.4, 0.5) is 0 Å². The van der Waals surface area contributed by atoms with Gasteiger partial charge in [-0.15, -0.1) is 0 Å². The zero-order valence-electron chi connectivity index (χ0n) is 27.9. The minimum Gasteiger partial charge on any atom is -0.480 e. The molecule has 0 aromatic heterocycles. The van der Waals surface area contributed by atoms with Gasteiger partial charge >= 0.3 is 13.8 Å². The highest BCUT2D eigenvalue weighted by Crippen LogP contribution is 2.37. The minimum atomic E-state index is -4.79. The van der Waals surface area contributed by atoms with Gasteiger partial charge in [-0.2, -0.15) is 0 Å². The number of rotatable bonds is 16. The highest BCUT2D eigenvalue weighted by Gasteiger charge is 2.30. The van der Waals surface area contributed by atoms with Gasteiger partial charge < -0.3 is 25.6 Å². The van der Waals surface area contributed by atoms with Crippen molar-refractivity contribution in [3.8, 4) is 5.75 Å². The molecule has 0 unspecified atom stereocenters. The van der Waals surface area contributed by atoms with Gasteiger partial charge in [0.1, 0.15) is 23.9 Å². The summed E-state index contributed by atoms with van der Waals surface area (Å²) in [5.41, 5.74) is 2.68. The fraction of sp³-hybridized carbons (Fsp3) is 0.179. The highest BCUT2D eigenvalue weighted by molar-refractivity contribution is 7.46. The maximum Gasteiger partial charge on any atom is 0.524 e. The second-order valence-corrected chi connectivity index (χ2v) is 13.4. The van der Waals surface area contributed by atoms with E-state index in [1.165, 1.54) is 24.3 Å². The number of carbonyl (C=O) groups excluding carboxylic acids is 3. The molecule has 0 bridgehead atoms.